The molecular formula is C16H13IN2. The first-order valence-electron chi connectivity index (χ1n) is 6.07. The van der Waals surface area contributed by atoms with Gasteiger partial charge in [-0.05, 0) is 6.07 Å². The zero-order valence-corrected chi connectivity index (χ0v) is 12.8. The van der Waals surface area contributed by atoms with E-state index in [-0.39, 0.29) is 24.0 Å². The Bertz CT molecular complexity index is 848. The van der Waals surface area contributed by atoms with Crippen molar-refractivity contribution in [1.82, 2.24) is 9.55 Å². The van der Waals surface area contributed by atoms with Gasteiger partial charge in [0.2, 0.25) is 0 Å². The number of benzene rings is 2. The number of aryl methyl sites for hydroxylation is 1. The molecule has 2 aromatic carbocycles. The fraction of sp³-hybridized carbons (Fsp3) is 0.0625. The number of fused-ring (bicyclic) bond motifs is 5. The zero-order chi connectivity index (χ0) is 12.1. The van der Waals surface area contributed by atoms with Crippen LogP contribution in [0.1, 0.15) is 0 Å². The van der Waals surface area contributed by atoms with E-state index < -0.39 is 0 Å². The van der Waals surface area contributed by atoms with Crippen LogP contribution in [0.4, 0.5) is 0 Å². The second kappa shape index (κ2) is 4.49. The average Bonchev–Trinajstić information content (AvgIpc) is 2.79. The molecule has 0 atom stereocenters. The minimum Gasteiger partial charge on any atom is -0.348 e. The van der Waals surface area contributed by atoms with Gasteiger partial charge in [-0.15, -0.1) is 24.0 Å². The second-order valence-corrected chi connectivity index (χ2v) is 4.65. The van der Waals surface area contributed by atoms with Gasteiger partial charge in [-0.25, -0.2) is 4.98 Å². The number of rotatable bonds is 0. The molecule has 0 aliphatic carbocycles. The van der Waals surface area contributed by atoms with Gasteiger partial charge in [0, 0.05) is 29.4 Å². The molecule has 2 aliphatic rings. The van der Waals surface area contributed by atoms with Gasteiger partial charge in [0.25, 0.3) is 0 Å². The predicted molar refractivity (Wildman–Crippen MR) is 90.3 cm³/mol. The Morgan fingerprint density at radius 3 is 2.42 bits per heavy atom. The highest BCUT2D eigenvalue weighted by atomic mass is 127. The van der Waals surface area contributed by atoms with Crippen molar-refractivity contribution in [2.75, 3.05) is 0 Å². The summed E-state index contributed by atoms with van der Waals surface area (Å²) in [5.74, 6) is 0. The molecule has 0 saturated carbocycles. The lowest BCUT2D eigenvalue weighted by molar-refractivity contribution is 0.929. The molecule has 0 aromatic heterocycles. The maximum atomic E-state index is 4.78. The molecule has 2 aromatic rings. The van der Waals surface area contributed by atoms with Crippen LogP contribution in [0, 0.1) is 0 Å². The Balaban J connectivity index is 0.00000110. The van der Waals surface area contributed by atoms with E-state index in [1.807, 2.05) is 6.07 Å². The summed E-state index contributed by atoms with van der Waals surface area (Å²) < 4.78 is 2.17. The summed E-state index contributed by atoms with van der Waals surface area (Å²) >= 11 is 0. The first-order valence-corrected chi connectivity index (χ1v) is 6.07. The van der Waals surface area contributed by atoms with E-state index in [0.717, 1.165) is 11.2 Å². The van der Waals surface area contributed by atoms with Gasteiger partial charge in [-0.3, -0.25) is 0 Å². The Hall–Kier alpha value is -1.62. The van der Waals surface area contributed by atoms with Crippen LogP contribution in [-0.2, 0) is 7.05 Å². The van der Waals surface area contributed by atoms with Crippen molar-refractivity contribution >= 4 is 45.7 Å². The van der Waals surface area contributed by atoms with E-state index in [1.165, 1.54) is 21.9 Å². The lowest BCUT2D eigenvalue weighted by Gasteiger charge is -2.10. The number of hydrogen-bond acceptors (Lipinski definition) is 1. The highest BCUT2D eigenvalue weighted by Gasteiger charge is 2.16. The lowest BCUT2D eigenvalue weighted by atomic mass is 10.1. The van der Waals surface area contributed by atoms with E-state index in [0.29, 0.717) is 0 Å². The fourth-order valence-electron chi connectivity index (χ4n) is 2.72. The first kappa shape index (κ1) is 12.4. The van der Waals surface area contributed by atoms with Crippen molar-refractivity contribution in [1.29, 1.82) is 0 Å². The summed E-state index contributed by atoms with van der Waals surface area (Å²) in [6, 6.07) is 16.7. The third-order valence-electron chi connectivity index (χ3n) is 3.52. The van der Waals surface area contributed by atoms with Gasteiger partial charge in [-0.1, -0.05) is 42.5 Å². The van der Waals surface area contributed by atoms with Crippen molar-refractivity contribution in [2.24, 2.45) is 7.05 Å². The van der Waals surface area contributed by atoms with Gasteiger partial charge in [-0.2, -0.15) is 0 Å². The third kappa shape index (κ3) is 1.72. The third-order valence-corrected chi connectivity index (χ3v) is 3.52. The molecule has 0 bridgehead atoms. The molecular weight excluding hydrogens is 347 g/mol. The van der Waals surface area contributed by atoms with Gasteiger partial charge in [0.1, 0.15) is 0 Å². The van der Waals surface area contributed by atoms with Crippen LogP contribution in [0.25, 0.3) is 33.1 Å². The van der Waals surface area contributed by atoms with Gasteiger partial charge in [0.05, 0.1) is 16.9 Å². The molecule has 0 radical (unpaired) electrons. The Labute approximate surface area is 128 Å². The topological polar surface area (TPSA) is 17.8 Å². The highest BCUT2D eigenvalue weighted by Crippen LogP contribution is 2.35. The van der Waals surface area contributed by atoms with E-state index in [9.17, 15) is 0 Å². The number of halogens is 1. The van der Waals surface area contributed by atoms with Crippen LogP contribution in [0.2, 0.25) is 0 Å². The van der Waals surface area contributed by atoms with Crippen molar-refractivity contribution < 1.29 is 0 Å². The Morgan fingerprint density at radius 1 is 0.895 bits per heavy atom. The van der Waals surface area contributed by atoms with Crippen LogP contribution in [0.3, 0.4) is 0 Å². The monoisotopic (exact) mass is 360 g/mol. The van der Waals surface area contributed by atoms with Crippen molar-refractivity contribution in [3.8, 4) is 11.4 Å². The predicted octanol–water partition coefficient (Wildman–Crippen LogP) is 4.45. The fourth-order valence-corrected chi connectivity index (χ4v) is 2.72. The lowest BCUT2D eigenvalue weighted by Crippen LogP contribution is -1.96. The Kier molecular flexibility index (Phi) is 2.93. The maximum absolute atomic E-state index is 4.78. The molecule has 4 rings (SSSR count). The number of pyridine rings is 1. The smallest absolute Gasteiger partial charge is 0.0959 e. The quantitative estimate of drug-likeness (QED) is 0.424. The summed E-state index contributed by atoms with van der Waals surface area (Å²) in [6.07, 6.45) is 2.17. The number of hydrogen-bond donors (Lipinski definition) is 0. The Morgan fingerprint density at radius 2 is 1.58 bits per heavy atom. The van der Waals surface area contributed by atoms with Crippen LogP contribution >= 0.6 is 24.0 Å². The molecule has 0 spiro atoms. The largest absolute Gasteiger partial charge is 0.348 e. The number of para-hydroxylation sites is 1. The summed E-state index contributed by atoms with van der Waals surface area (Å²) in [7, 11) is 2.09. The minimum absolute atomic E-state index is 0. The molecule has 0 saturated heterocycles. The molecule has 19 heavy (non-hydrogen) atoms. The molecule has 2 heterocycles. The standard InChI is InChI=1S/C16H12N2.HI/c1-18-10-11-6-2-3-7-12(11)15-16(18)13-8-4-5-9-14(13)17-15;/h2-10H,1H3;1H. The molecule has 3 heteroatoms. The molecule has 2 nitrogen and oxygen atoms in total. The van der Waals surface area contributed by atoms with Crippen LogP contribution in [0.5, 0.6) is 0 Å². The van der Waals surface area contributed by atoms with Crippen molar-refractivity contribution in [3.63, 3.8) is 0 Å². The SMILES string of the molecule is Cn1cc2ccccc2c2nc3ccccc3c1-2.I. The molecule has 0 N–H and O–H groups in total. The van der Waals surface area contributed by atoms with Crippen molar-refractivity contribution in [2.45, 2.75) is 0 Å². The average molecular weight is 360 g/mol. The molecule has 0 unspecified atom stereocenters. The van der Waals surface area contributed by atoms with Crippen molar-refractivity contribution in [3.05, 3.63) is 54.7 Å². The van der Waals surface area contributed by atoms with Gasteiger partial charge in [0.15, 0.2) is 0 Å². The number of aromatic nitrogens is 2. The molecule has 0 fully saturated rings. The summed E-state index contributed by atoms with van der Waals surface area (Å²) in [6.45, 7) is 0. The summed E-state index contributed by atoms with van der Waals surface area (Å²) in [5, 5.41) is 3.68. The second-order valence-electron chi connectivity index (χ2n) is 4.65. The van der Waals surface area contributed by atoms with E-state index in [4.69, 9.17) is 4.98 Å². The highest BCUT2D eigenvalue weighted by molar-refractivity contribution is 14.0. The summed E-state index contributed by atoms with van der Waals surface area (Å²) in [5.41, 5.74) is 3.38. The van der Waals surface area contributed by atoms with Crippen LogP contribution < -0.4 is 0 Å². The molecule has 0 amide bonds. The van der Waals surface area contributed by atoms with E-state index in [2.05, 4.69) is 60.3 Å². The number of nitrogens with zero attached hydrogens (tertiary/aromatic N) is 2. The van der Waals surface area contributed by atoms with Crippen LogP contribution in [-0.4, -0.2) is 9.55 Å². The van der Waals surface area contributed by atoms with E-state index in [1.54, 1.807) is 0 Å². The first-order chi connectivity index (χ1) is 8.84. The maximum Gasteiger partial charge on any atom is 0.0959 e. The van der Waals surface area contributed by atoms with Crippen LogP contribution in [0.15, 0.2) is 54.7 Å². The minimum atomic E-state index is 0. The summed E-state index contributed by atoms with van der Waals surface area (Å²) in [4.78, 5) is 4.78. The normalized spacial score (nSPS) is 11.0. The van der Waals surface area contributed by atoms with E-state index >= 15 is 0 Å². The molecule has 94 valence electrons. The van der Waals surface area contributed by atoms with Gasteiger partial charge < -0.3 is 4.57 Å². The van der Waals surface area contributed by atoms with Gasteiger partial charge >= 0.3 is 0 Å². The zero-order valence-electron chi connectivity index (χ0n) is 10.5. The molecule has 2 aliphatic heterocycles.